The SMILES string of the molecule is Cn1c(-c2nc3ccccc3n2CC#Cc2ccccc2)cc2ccccc21. The summed E-state index contributed by atoms with van der Waals surface area (Å²) in [5.74, 6) is 7.53. The Morgan fingerprint density at radius 2 is 1.54 bits per heavy atom. The molecule has 0 spiro atoms. The maximum atomic E-state index is 4.94. The fourth-order valence-electron chi connectivity index (χ4n) is 3.68. The smallest absolute Gasteiger partial charge is 0.158 e. The molecule has 0 saturated carbocycles. The van der Waals surface area contributed by atoms with Crippen molar-refractivity contribution in [3.8, 4) is 23.4 Å². The average Bonchev–Trinajstić information content (AvgIpc) is 3.27. The zero-order valence-electron chi connectivity index (χ0n) is 15.6. The molecule has 2 aromatic heterocycles. The summed E-state index contributed by atoms with van der Waals surface area (Å²) in [5, 5.41) is 1.22. The van der Waals surface area contributed by atoms with Crippen molar-refractivity contribution in [3.05, 3.63) is 90.5 Å². The van der Waals surface area contributed by atoms with Crippen molar-refractivity contribution in [2.24, 2.45) is 7.05 Å². The first-order valence-corrected chi connectivity index (χ1v) is 9.35. The number of benzene rings is 3. The van der Waals surface area contributed by atoms with E-state index in [0.717, 1.165) is 28.1 Å². The van der Waals surface area contributed by atoms with E-state index in [0.29, 0.717) is 6.54 Å². The van der Waals surface area contributed by atoms with E-state index in [-0.39, 0.29) is 0 Å². The normalized spacial score (nSPS) is 10.9. The van der Waals surface area contributed by atoms with Crippen molar-refractivity contribution in [2.75, 3.05) is 0 Å². The number of imidazole rings is 1. The Hall–Kier alpha value is -3.77. The van der Waals surface area contributed by atoms with Gasteiger partial charge in [-0.25, -0.2) is 4.98 Å². The number of para-hydroxylation sites is 3. The van der Waals surface area contributed by atoms with E-state index in [4.69, 9.17) is 4.98 Å². The number of hydrogen-bond acceptors (Lipinski definition) is 1. The standard InChI is InChI=1S/C25H19N3/c1-27-22-15-7-5-13-20(22)18-24(27)25-26-21-14-6-8-16-23(21)28(25)17-9-12-19-10-3-2-4-11-19/h2-8,10-11,13-16,18H,17H2,1H3. The van der Waals surface area contributed by atoms with Crippen LogP contribution in [0.3, 0.4) is 0 Å². The van der Waals surface area contributed by atoms with Gasteiger partial charge in [-0.2, -0.15) is 0 Å². The third-order valence-corrected chi connectivity index (χ3v) is 5.08. The zero-order chi connectivity index (χ0) is 18.9. The third kappa shape index (κ3) is 2.76. The second kappa shape index (κ2) is 6.75. The largest absolute Gasteiger partial charge is 0.341 e. The molecule has 5 rings (SSSR count). The van der Waals surface area contributed by atoms with Gasteiger partial charge in [0.15, 0.2) is 5.82 Å². The van der Waals surface area contributed by atoms with Crippen LogP contribution in [0, 0.1) is 11.8 Å². The molecular formula is C25H19N3. The molecule has 3 nitrogen and oxygen atoms in total. The van der Waals surface area contributed by atoms with Crippen molar-refractivity contribution < 1.29 is 0 Å². The van der Waals surface area contributed by atoms with E-state index in [1.165, 1.54) is 10.9 Å². The molecule has 0 saturated heterocycles. The highest BCUT2D eigenvalue weighted by Gasteiger charge is 2.16. The molecule has 0 unspecified atom stereocenters. The summed E-state index contributed by atoms with van der Waals surface area (Å²) in [5.41, 5.74) is 5.41. The van der Waals surface area contributed by atoms with Crippen molar-refractivity contribution in [1.82, 2.24) is 14.1 Å². The number of aromatic nitrogens is 3. The van der Waals surface area contributed by atoms with Gasteiger partial charge in [0, 0.05) is 23.5 Å². The number of aryl methyl sites for hydroxylation is 1. The lowest BCUT2D eigenvalue weighted by atomic mass is 10.2. The number of rotatable bonds is 2. The molecular weight excluding hydrogens is 342 g/mol. The van der Waals surface area contributed by atoms with Crippen LogP contribution in [-0.4, -0.2) is 14.1 Å². The predicted octanol–water partition coefficient (Wildman–Crippen LogP) is 5.25. The first-order chi connectivity index (χ1) is 13.8. The Bertz CT molecular complexity index is 1340. The first kappa shape index (κ1) is 16.4. The quantitative estimate of drug-likeness (QED) is 0.394. The van der Waals surface area contributed by atoms with Crippen molar-refractivity contribution in [2.45, 2.75) is 6.54 Å². The third-order valence-electron chi connectivity index (χ3n) is 5.08. The molecule has 0 N–H and O–H groups in total. The first-order valence-electron chi connectivity index (χ1n) is 9.35. The topological polar surface area (TPSA) is 22.8 Å². The zero-order valence-corrected chi connectivity index (χ0v) is 15.6. The lowest BCUT2D eigenvalue weighted by Gasteiger charge is -2.07. The van der Waals surface area contributed by atoms with Crippen molar-refractivity contribution >= 4 is 21.9 Å². The maximum absolute atomic E-state index is 4.94. The van der Waals surface area contributed by atoms with Crippen molar-refractivity contribution in [1.29, 1.82) is 0 Å². The lowest BCUT2D eigenvalue weighted by molar-refractivity contribution is 0.857. The van der Waals surface area contributed by atoms with Gasteiger partial charge >= 0.3 is 0 Å². The summed E-state index contributed by atoms with van der Waals surface area (Å²) >= 11 is 0. The highest BCUT2D eigenvalue weighted by molar-refractivity contribution is 5.88. The Kier molecular flexibility index (Phi) is 3.96. The van der Waals surface area contributed by atoms with Gasteiger partial charge in [-0.15, -0.1) is 0 Å². The van der Waals surface area contributed by atoms with E-state index in [2.05, 4.69) is 76.6 Å². The lowest BCUT2D eigenvalue weighted by Crippen LogP contribution is -2.02. The molecule has 0 amide bonds. The van der Waals surface area contributed by atoms with Gasteiger partial charge in [0.25, 0.3) is 0 Å². The molecule has 0 atom stereocenters. The Morgan fingerprint density at radius 3 is 2.36 bits per heavy atom. The fourth-order valence-corrected chi connectivity index (χ4v) is 3.68. The molecule has 0 bridgehead atoms. The molecule has 0 aliphatic rings. The molecule has 3 heteroatoms. The molecule has 28 heavy (non-hydrogen) atoms. The molecule has 134 valence electrons. The Labute approximate surface area is 163 Å². The molecule has 0 fully saturated rings. The summed E-state index contributed by atoms with van der Waals surface area (Å²) in [6, 6.07) is 29.0. The van der Waals surface area contributed by atoms with Crippen LogP contribution in [0.1, 0.15) is 5.56 Å². The monoisotopic (exact) mass is 361 g/mol. The second-order valence-corrected chi connectivity index (χ2v) is 6.83. The number of nitrogens with zero attached hydrogens (tertiary/aromatic N) is 3. The van der Waals surface area contributed by atoms with Crippen LogP contribution < -0.4 is 0 Å². The van der Waals surface area contributed by atoms with E-state index in [1.54, 1.807) is 0 Å². The van der Waals surface area contributed by atoms with Crippen LogP contribution in [0.4, 0.5) is 0 Å². The number of hydrogen-bond donors (Lipinski definition) is 0. The summed E-state index contributed by atoms with van der Waals surface area (Å²) in [7, 11) is 2.09. The van der Waals surface area contributed by atoms with Crippen LogP contribution in [0.25, 0.3) is 33.5 Å². The highest BCUT2D eigenvalue weighted by Crippen LogP contribution is 2.29. The Balaban J connectivity index is 1.66. The van der Waals surface area contributed by atoms with Crippen LogP contribution in [-0.2, 0) is 13.6 Å². The maximum Gasteiger partial charge on any atom is 0.158 e. The molecule has 5 aromatic rings. The van der Waals surface area contributed by atoms with Crippen LogP contribution in [0.15, 0.2) is 84.9 Å². The average molecular weight is 361 g/mol. The minimum Gasteiger partial charge on any atom is -0.341 e. The van der Waals surface area contributed by atoms with Crippen molar-refractivity contribution in [3.63, 3.8) is 0 Å². The van der Waals surface area contributed by atoms with Gasteiger partial charge in [-0.3, -0.25) is 0 Å². The summed E-state index contributed by atoms with van der Waals surface area (Å²) < 4.78 is 4.41. The van der Waals surface area contributed by atoms with Gasteiger partial charge in [-0.1, -0.05) is 60.4 Å². The Morgan fingerprint density at radius 1 is 0.821 bits per heavy atom. The molecule has 0 aliphatic heterocycles. The van der Waals surface area contributed by atoms with Gasteiger partial charge in [0.2, 0.25) is 0 Å². The van der Waals surface area contributed by atoms with Gasteiger partial charge < -0.3 is 9.13 Å². The highest BCUT2D eigenvalue weighted by atomic mass is 15.1. The fraction of sp³-hybridized carbons (Fsp3) is 0.0800. The summed E-state index contributed by atoms with van der Waals surface area (Å²) in [6.45, 7) is 0.590. The molecule has 3 aromatic carbocycles. The van der Waals surface area contributed by atoms with Gasteiger partial charge in [0.05, 0.1) is 23.3 Å². The second-order valence-electron chi connectivity index (χ2n) is 6.83. The van der Waals surface area contributed by atoms with E-state index in [9.17, 15) is 0 Å². The molecule has 0 aliphatic carbocycles. The predicted molar refractivity (Wildman–Crippen MR) is 115 cm³/mol. The van der Waals surface area contributed by atoms with E-state index < -0.39 is 0 Å². The van der Waals surface area contributed by atoms with Gasteiger partial charge in [-0.05, 0) is 36.4 Å². The minimum atomic E-state index is 0.590. The number of fused-ring (bicyclic) bond motifs is 2. The minimum absolute atomic E-state index is 0.590. The van der Waals surface area contributed by atoms with Gasteiger partial charge in [0.1, 0.15) is 0 Å². The summed E-state index contributed by atoms with van der Waals surface area (Å²) in [4.78, 5) is 4.94. The molecule has 2 heterocycles. The summed E-state index contributed by atoms with van der Waals surface area (Å²) in [6.07, 6.45) is 0. The van der Waals surface area contributed by atoms with Crippen LogP contribution >= 0.6 is 0 Å². The van der Waals surface area contributed by atoms with E-state index in [1.807, 2.05) is 36.4 Å². The van der Waals surface area contributed by atoms with Crippen LogP contribution in [0.5, 0.6) is 0 Å². The van der Waals surface area contributed by atoms with E-state index >= 15 is 0 Å². The van der Waals surface area contributed by atoms with Crippen LogP contribution in [0.2, 0.25) is 0 Å². The molecule has 0 radical (unpaired) electrons.